The quantitative estimate of drug-likeness (QED) is 0.846. The summed E-state index contributed by atoms with van der Waals surface area (Å²) >= 11 is 5.74. The molecule has 3 nitrogen and oxygen atoms in total. The van der Waals surface area contributed by atoms with Crippen LogP contribution in [-0.4, -0.2) is 30.3 Å². The van der Waals surface area contributed by atoms with Crippen LogP contribution in [-0.2, 0) is 15.3 Å². The first-order valence-corrected chi connectivity index (χ1v) is 5.59. The number of benzene rings is 1. The van der Waals surface area contributed by atoms with E-state index in [1.807, 2.05) is 0 Å². The summed E-state index contributed by atoms with van der Waals surface area (Å²) in [7, 11) is 0. The molecule has 17 heavy (non-hydrogen) atoms. The summed E-state index contributed by atoms with van der Waals surface area (Å²) in [5, 5.41) is 8.95. The second kappa shape index (κ2) is 4.86. The van der Waals surface area contributed by atoms with Crippen molar-refractivity contribution < 1.29 is 23.4 Å². The molecule has 1 aliphatic rings. The lowest BCUT2D eigenvalue weighted by Crippen LogP contribution is -2.32. The lowest BCUT2D eigenvalue weighted by molar-refractivity contribution is -0.164. The molecule has 6 heteroatoms. The molecule has 1 aromatic rings. The van der Waals surface area contributed by atoms with Crippen molar-refractivity contribution in [3.8, 4) is 0 Å². The Morgan fingerprint density at radius 1 is 1.47 bits per heavy atom. The molecule has 0 saturated carbocycles. The molecule has 94 valence electrons. The van der Waals surface area contributed by atoms with Crippen LogP contribution in [0.2, 0.25) is 0 Å². The first kappa shape index (κ1) is 12.7. The number of aliphatic hydroxyl groups is 1. The van der Waals surface area contributed by atoms with Crippen molar-refractivity contribution in [3.05, 3.63) is 35.4 Å². The van der Waals surface area contributed by atoms with E-state index in [2.05, 4.69) is 0 Å². The molecular weight excluding hydrogens is 254 g/mol. The molecule has 1 saturated heterocycles. The molecule has 0 amide bonds. The molecule has 0 unspecified atom stereocenters. The van der Waals surface area contributed by atoms with Crippen LogP contribution in [0.25, 0.3) is 0 Å². The van der Waals surface area contributed by atoms with E-state index in [4.69, 9.17) is 26.2 Å². The zero-order chi connectivity index (χ0) is 12.5. The van der Waals surface area contributed by atoms with Crippen LogP contribution >= 0.6 is 11.6 Å². The third-order valence-corrected chi connectivity index (χ3v) is 2.93. The van der Waals surface area contributed by atoms with Gasteiger partial charge in [-0.3, -0.25) is 0 Å². The largest absolute Gasteiger partial charge is 0.394 e. The van der Waals surface area contributed by atoms with Crippen LogP contribution in [0.4, 0.5) is 8.78 Å². The smallest absolute Gasteiger partial charge is 0.212 e. The van der Waals surface area contributed by atoms with Crippen LogP contribution < -0.4 is 0 Å². The Labute approximate surface area is 102 Å². The molecule has 1 N–H and O–H groups in total. The zero-order valence-electron chi connectivity index (χ0n) is 8.83. The summed E-state index contributed by atoms with van der Waals surface area (Å²) in [6.07, 6.45) is -0.557. The summed E-state index contributed by atoms with van der Waals surface area (Å²) in [6, 6.07) is 3.07. The van der Waals surface area contributed by atoms with Gasteiger partial charge in [0, 0.05) is 11.6 Å². The topological polar surface area (TPSA) is 38.7 Å². The van der Waals surface area contributed by atoms with Crippen molar-refractivity contribution >= 4 is 11.6 Å². The molecule has 0 spiro atoms. The van der Waals surface area contributed by atoms with Gasteiger partial charge in [0.2, 0.25) is 5.79 Å². The molecule has 2 atom stereocenters. The number of hydrogen-bond donors (Lipinski definition) is 1. The van der Waals surface area contributed by atoms with Gasteiger partial charge in [0.05, 0.1) is 19.1 Å². The SMILES string of the molecule is OC[C@@H]1CO[C@](CCl)(c2ccc(F)cc2F)O1. The number of ether oxygens (including phenoxy) is 2. The van der Waals surface area contributed by atoms with Gasteiger partial charge >= 0.3 is 0 Å². The Morgan fingerprint density at radius 3 is 2.76 bits per heavy atom. The maximum Gasteiger partial charge on any atom is 0.212 e. The minimum absolute atomic E-state index is 0.0323. The molecule has 1 heterocycles. The molecule has 0 aliphatic carbocycles. The van der Waals surface area contributed by atoms with Gasteiger partial charge in [-0.05, 0) is 12.1 Å². The second-order valence-corrected chi connectivity index (χ2v) is 4.01. The van der Waals surface area contributed by atoms with Crippen molar-refractivity contribution in [1.29, 1.82) is 0 Å². The Hall–Kier alpha value is -0.750. The predicted octanol–water partition coefficient (Wildman–Crippen LogP) is 1.76. The van der Waals surface area contributed by atoms with Crippen LogP contribution in [0.5, 0.6) is 0 Å². The fourth-order valence-corrected chi connectivity index (χ4v) is 2.02. The lowest BCUT2D eigenvalue weighted by Gasteiger charge is -2.26. The number of alkyl halides is 1. The molecule has 0 bridgehead atoms. The molecular formula is C11H11ClF2O3. The normalized spacial score (nSPS) is 28.6. The molecule has 1 fully saturated rings. The maximum absolute atomic E-state index is 13.6. The van der Waals surface area contributed by atoms with E-state index < -0.39 is 23.5 Å². The van der Waals surface area contributed by atoms with Gasteiger partial charge in [-0.1, -0.05) is 0 Å². The Kier molecular flexibility index (Phi) is 3.63. The standard InChI is InChI=1S/C11H11ClF2O3/c12-6-11(16-5-8(4-15)17-11)9-2-1-7(13)3-10(9)14/h1-3,8,15H,4-6H2/t8-,11+/m1/s1. The van der Waals surface area contributed by atoms with E-state index in [0.717, 1.165) is 12.1 Å². The summed E-state index contributed by atoms with van der Waals surface area (Å²) in [4.78, 5) is 0. The predicted molar refractivity (Wildman–Crippen MR) is 56.7 cm³/mol. The Balaban J connectivity index is 2.35. The molecule has 1 aromatic carbocycles. The summed E-state index contributed by atoms with van der Waals surface area (Å²) in [6.45, 7) is -0.137. The summed E-state index contributed by atoms with van der Waals surface area (Å²) in [5.74, 6) is -3.07. The highest BCUT2D eigenvalue weighted by atomic mass is 35.5. The average molecular weight is 265 g/mol. The van der Waals surface area contributed by atoms with Crippen molar-refractivity contribution in [2.24, 2.45) is 0 Å². The maximum atomic E-state index is 13.6. The van der Waals surface area contributed by atoms with E-state index >= 15 is 0 Å². The zero-order valence-corrected chi connectivity index (χ0v) is 9.58. The summed E-state index contributed by atoms with van der Waals surface area (Å²) in [5.41, 5.74) is 0.0323. The van der Waals surface area contributed by atoms with Crippen molar-refractivity contribution in [3.63, 3.8) is 0 Å². The minimum atomic E-state index is -1.45. The molecule has 1 aliphatic heterocycles. The molecule has 0 radical (unpaired) electrons. The number of hydrogen-bond acceptors (Lipinski definition) is 3. The third kappa shape index (κ3) is 2.28. The van der Waals surface area contributed by atoms with E-state index in [1.54, 1.807) is 0 Å². The monoisotopic (exact) mass is 264 g/mol. The third-order valence-electron chi connectivity index (χ3n) is 2.58. The fraction of sp³-hybridized carbons (Fsp3) is 0.455. The van der Waals surface area contributed by atoms with Gasteiger partial charge in [-0.15, -0.1) is 11.6 Å². The van der Waals surface area contributed by atoms with Gasteiger partial charge in [0.1, 0.15) is 17.7 Å². The van der Waals surface area contributed by atoms with E-state index in [1.165, 1.54) is 6.07 Å². The molecule has 2 rings (SSSR count). The van der Waals surface area contributed by atoms with E-state index in [-0.39, 0.29) is 24.7 Å². The highest BCUT2D eigenvalue weighted by Gasteiger charge is 2.44. The van der Waals surface area contributed by atoms with E-state index in [0.29, 0.717) is 0 Å². The van der Waals surface area contributed by atoms with Crippen LogP contribution in [0.15, 0.2) is 18.2 Å². The second-order valence-electron chi connectivity index (χ2n) is 3.74. The van der Waals surface area contributed by atoms with Crippen molar-refractivity contribution in [2.45, 2.75) is 11.9 Å². The fourth-order valence-electron chi connectivity index (χ4n) is 1.74. The lowest BCUT2D eigenvalue weighted by atomic mass is 10.1. The first-order valence-electron chi connectivity index (χ1n) is 5.05. The van der Waals surface area contributed by atoms with Crippen LogP contribution in [0, 0.1) is 11.6 Å². The van der Waals surface area contributed by atoms with Gasteiger partial charge in [-0.2, -0.15) is 0 Å². The summed E-state index contributed by atoms with van der Waals surface area (Å²) < 4.78 is 37.2. The number of rotatable bonds is 3. The first-order chi connectivity index (χ1) is 8.11. The minimum Gasteiger partial charge on any atom is -0.394 e. The van der Waals surface area contributed by atoms with Crippen molar-refractivity contribution in [2.75, 3.05) is 19.1 Å². The van der Waals surface area contributed by atoms with E-state index in [9.17, 15) is 8.78 Å². The van der Waals surface area contributed by atoms with Crippen molar-refractivity contribution in [1.82, 2.24) is 0 Å². The Bertz CT molecular complexity index is 416. The van der Waals surface area contributed by atoms with Gasteiger partial charge in [-0.25, -0.2) is 8.78 Å². The Morgan fingerprint density at radius 2 is 2.24 bits per heavy atom. The average Bonchev–Trinajstić information content (AvgIpc) is 2.74. The number of halogens is 3. The van der Waals surface area contributed by atoms with Crippen LogP contribution in [0.3, 0.4) is 0 Å². The highest BCUT2D eigenvalue weighted by Crippen LogP contribution is 2.36. The number of aliphatic hydroxyl groups excluding tert-OH is 1. The molecule has 0 aromatic heterocycles. The van der Waals surface area contributed by atoms with Gasteiger partial charge in [0.25, 0.3) is 0 Å². The highest BCUT2D eigenvalue weighted by molar-refractivity contribution is 6.18. The van der Waals surface area contributed by atoms with Crippen LogP contribution in [0.1, 0.15) is 5.56 Å². The van der Waals surface area contributed by atoms with Gasteiger partial charge in [0.15, 0.2) is 0 Å². The van der Waals surface area contributed by atoms with Gasteiger partial charge < -0.3 is 14.6 Å².